The summed E-state index contributed by atoms with van der Waals surface area (Å²) in [5, 5.41) is 2.75. The van der Waals surface area contributed by atoms with E-state index in [4.69, 9.17) is 4.74 Å². The van der Waals surface area contributed by atoms with Gasteiger partial charge in [0.1, 0.15) is 0 Å². The lowest BCUT2D eigenvalue weighted by Gasteiger charge is -2.13. The molecule has 126 valence electrons. The van der Waals surface area contributed by atoms with Crippen molar-refractivity contribution in [3.8, 4) is 0 Å². The molecule has 24 heavy (non-hydrogen) atoms. The molecular weight excluding hydrogens is 322 g/mol. The highest BCUT2D eigenvalue weighted by atomic mass is 32.2. The smallest absolute Gasteiger partial charge is 0.317 e. The van der Waals surface area contributed by atoms with E-state index in [0.717, 1.165) is 11.3 Å². The quantitative estimate of drug-likeness (QED) is 0.612. The summed E-state index contributed by atoms with van der Waals surface area (Å²) < 4.78 is 5.18. The van der Waals surface area contributed by atoms with Gasteiger partial charge in [-0.3, -0.25) is 9.59 Å². The molecule has 2 rings (SSSR count). The molecule has 0 saturated carbocycles. The van der Waals surface area contributed by atoms with Crippen molar-refractivity contribution in [2.45, 2.75) is 31.3 Å². The fraction of sp³-hybridized carbons (Fsp3) is 0.263. The van der Waals surface area contributed by atoms with E-state index in [1.807, 2.05) is 54.6 Å². The van der Waals surface area contributed by atoms with E-state index in [1.165, 1.54) is 17.3 Å². The van der Waals surface area contributed by atoms with Gasteiger partial charge in [0.15, 0.2) is 6.10 Å². The first kappa shape index (κ1) is 18.1. The van der Waals surface area contributed by atoms with Crippen molar-refractivity contribution in [3.05, 3.63) is 60.2 Å². The van der Waals surface area contributed by atoms with Crippen LogP contribution in [0.4, 0.5) is 5.69 Å². The van der Waals surface area contributed by atoms with Gasteiger partial charge in [-0.2, -0.15) is 0 Å². The van der Waals surface area contributed by atoms with Crippen LogP contribution in [0, 0.1) is 0 Å². The maximum atomic E-state index is 12.1. The van der Waals surface area contributed by atoms with Gasteiger partial charge in [0.25, 0.3) is 5.91 Å². The fourth-order valence-corrected chi connectivity index (χ4v) is 2.71. The molecule has 0 aliphatic heterocycles. The molecule has 1 N–H and O–H groups in total. The molecule has 0 aliphatic rings. The number of carbonyl (C=O) groups is 2. The minimum absolute atomic E-state index is 0.173. The first-order valence-corrected chi connectivity index (χ1v) is 8.84. The Balaban J connectivity index is 1.78. The third-order valence-electron chi connectivity index (χ3n) is 3.41. The highest BCUT2D eigenvalue weighted by Crippen LogP contribution is 2.17. The number of hydrogen-bond donors (Lipinski definition) is 1. The van der Waals surface area contributed by atoms with Crippen LogP contribution < -0.4 is 5.32 Å². The molecule has 1 amide bonds. The highest BCUT2D eigenvalue weighted by Gasteiger charge is 2.18. The number of anilines is 1. The largest absolute Gasteiger partial charge is 0.452 e. The third-order valence-corrected chi connectivity index (χ3v) is 4.39. The predicted molar refractivity (Wildman–Crippen MR) is 97.2 cm³/mol. The summed E-state index contributed by atoms with van der Waals surface area (Å²) in [6.07, 6.45) is 0.112. The topological polar surface area (TPSA) is 55.4 Å². The average Bonchev–Trinajstić information content (AvgIpc) is 2.61. The van der Waals surface area contributed by atoms with Crippen molar-refractivity contribution in [2.24, 2.45) is 0 Å². The van der Waals surface area contributed by atoms with E-state index in [2.05, 4.69) is 12.2 Å². The van der Waals surface area contributed by atoms with Crippen LogP contribution in [0.1, 0.15) is 19.4 Å². The summed E-state index contributed by atoms with van der Waals surface area (Å²) in [4.78, 5) is 24.9. The second-order valence-electron chi connectivity index (χ2n) is 5.27. The number of carbonyl (C=O) groups excluding carboxylic acids is 2. The van der Waals surface area contributed by atoms with Crippen LogP contribution in [-0.4, -0.2) is 23.7 Å². The lowest BCUT2D eigenvalue weighted by Crippen LogP contribution is -2.30. The first-order valence-electron chi connectivity index (χ1n) is 7.85. The van der Waals surface area contributed by atoms with E-state index >= 15 is 0 Å². The Bertz CT molecular complexity index is 671. The maximum absolute atomic E-state index is 12.1. The van der Waals surface area contributed by atoms with Crippen LogP contribution in [0.5, 0.6) is 0 Å². The normalized spacial score (nSPS) is 11.6. The first-order chi connectivity index (χ1) is 11.6. The Morgan fingerprint density at radius 2 is 1.75 bits per heavy atom. The van der Waals surface area contributed by atoms with Gasteiger partial charge in [-0.1, -0.05) is 37.3 Å². The molecule has 0 fully saturated rings. The number of thioether (sulfide) groups is 1. The minimum Gasteiger partial charge on any atom is -0.452 e. The number of ether oxygens (including phenoxy) is 1. The van der Waals surface area contributed by atoms with Crippen LogP contribution in [0.25, 0.3) is 0 Å². The van der Waals surface area contributed by atoms with Crippen molar-refractivity contribution in [2.75, 3.05) is 11.1 Å². The van der Waals surface area contributed by atoms with Crippen molar-refractivity contribution < 1.29 is 14.3 Å². The molecule has 0 radical (unpaired) electrons. The predicted octanol–water partition coefficient (Wildman–Crippen LogP) is 3.91. The van der Waals surface area contributed by atoms with E-state index < -0.39 is 12.1 Å². The lowest BCUT2D eigenvalue weighted by molar-refractivity contribution is -0.150. The average molecular weight is 343 g/mol. The van der Waals surface area contributed by atoms with Gasteiger partial charge < -0.3 is 10.1 Å². The zero-order chi connectivity index (χ0) is 17.4. The number of esters is 1. The van der Waals surface area contributed by atoms with Gasteiger partial charge in [0.05, 0.1) is 5.75 Å². The molecule has 2 aromatic rings. The number of rotatable bonds is 7. The number of aryl methyl sites for hydroxylation is 1. The number of hydrogen-bond acceptors (Lipinski definition) is 4. The zero-order valence-corrected chi connectivity index (χ0v) is 14.6. The molecular formula is C19H21NO3S. The fourth-order valence-electron chi connectivity index (χ4n) is 2.01. The molecule has 1 atom stereocenters. The Morgan fingerprint density at radius 1 is 1.08 bits per heavy atom. The summed E-state index contributed by atoms with van der Waals surface area (Å²) in [7, 11) is 0. The van der Waals surface area contributed by atoms with Gasteiger partial charge >= 0.3 is 5.97 Å². The lowest BCUT2D eigenvalue weighted by atomic mass is 10.1. The van der Waals surface area contributed by atoms with E-state index in [1.54, 1.807) is 6.92 Å². The van der Waals surface area contributed by atoms with Crippen molar-refractivity contribution >= 4 is 29.3 Å². The second-order valence-corrected chi connectivity index (χ2v) is 6.32. The van der Waals surface area contributed by atoms with E-state index in [-0.39, 0.29) is 11.7 Å². The SMILES string of the molecule is CCc1ccc(NC(=O)[C@H](C)OC(=O)CSc2ccccc2)cc1. The summed E-state index contributed by atoms with van der Waals surface area (Å²) in [5.74, 6) is -0.572. The Kier molecular flexibility index (Phi) is 6.88. The monoisotopic (exact) mass is 343 g/mol. The van der Waals surface area contributed by atoms with Crippen molar-refractivity contribution in [1.82, 2.24) is 0 Å². The van der Waals surface area contributed by atoms with E-state index in [9.17, 15) is 9.59 Å². The van der Waals surface area contributed by atoms with Crippen LogP contribution in [-0.2, 0) is 20.7 Å². The molecule has 0 bridgehead atoms. The molecule has 0 aromatic heterocycles. The zero-order valence-electron chi connectivity index (χ0n) is 13.8. The standard InChI is InChI=1S/C19H21NO3S/c1-3-15-9-11-16(12-10-15)20-19(22)14(2)23-18(21)13-24-17-7-5-4-6-8-17/h4-12,14H,3,13H2,1-2H3,(H,20,22)/t14-/m0/s1. The maximum Gasteiger partial charge on any atom is 0.317 e. The molecule has 0 saturated heterocycles. The van der Waals surface area contributed by atoms with Crippen molar-refractivity contribution in [1.29, 1.82) is 0 Å². The van der Waals surface area contributed by atoms with E-state index in [0.29, 0.717) is 5.69 Å². The molecule has 0 heterocycles. The molecule has 4 nitrogen and oxygen atoms in total. The third kappa shape index (κ3) is 5.74. The van der Waals surface area contributed by atoms with Gasteiger partial charge in [0, 0.05) is 10.6 Å². The molecule has 5 heteroatoms. The molecule has 0 spiro atoms. The summed E-state index contributed by atoms with van der Waals surface area (Å²) in [6.45, 7) is 3.64. The van der Waals surface area contributed by atoms with Crippen LogP contribution in [0.3, 0.4) is 0 Å². The second kappa shape index (κ2) is 9.13. The highest BCUT2D eigenvalue weighted by molar-refractivity contribution is 8.00. The molecule has 0 unspecified atom stereocenters. The Labute approximate surface area is 146 Å². The van der Waals surface area contributed by atoms with Gasteiger partial charge in [-0.25, -0.2) is 0 Å². The number of amides is 1. The summed E-state index contributed by atoms with van der Waals surface area (Å²) in [5.41, 5.74) is 1.89. The van der Waals surface area contributed by atoms with Crippen LogP contribution in [0.2, 0.25) is 0 Å². The van der Waals surface area contributed by atoms with Gasteiger partial charge in [-0.15, -0.1) is 11.8 Å². The number of nitrogens with one attached hydrogen (secondary N) is 1. The van der Waals surface area contributed by atoms with Crippen LogP contribution >= 0.6 is 11.8 Å². The molecule has 0 aliphatic carbocycles. The van der Waals surface area contributed by atoms with Crippen molar-refractivity contribution in [3.63, 3.8) is 0 Å². The van der Waals surface area contributed by atoms with Crippen LogP contribution in [0.15, 0.2) is 59.5 Å². The Hall–Kier alpha value is -2.27. The molecule has 2 aromatic carbocycles. The Morgan fingerprint density at radius 3 is 2.38 bits per heavy atom. The summed E-state index contributed by atoms with van der Waals surface area (Å²) >= 11 is 1.38. The summed E-state index contributed by atoms with van der Waals surface area (Å²) in [6, 6.07) is 17.2. The van der Waals surface area contributed by atoms with Gasteiger partial charge in [0.2, 0.25) is 0 Å². The van der Waals surface area contributed by atoms with Gasteiger partial charge in [-0.05, 0) is 43.2 Å². The number of benzene rings is 2. The minimum atomic E-state index is -0.834.